The molecule has 0 bridgehead atoms. The van der Waals surface area contributed by atoms with Gasteiger partial charge in [-0.05, 0) is 37.1 Å². The second-order valence-electron chi connectivity index (χ2n) is 7.12. The summed E-state index contributed by atoms with van der Waals surface area (Å²) >= 11 is 7.50. The van der Waals surface area contributed by atoms with Crippen molar-refractivity contribution >= 4 is 35.0 Å². The number of thioether (sulfide) groups is 1. The van der Waals surface area contributed by atoms with E-state index in [4.69, 9.17) is 25.8 Å². The number of ether oxygens (including phenoxy) is 3. The average molecular weight is 475 g/mol. The first kappa shape index (κ1) is 22.3. The lowest BCUT2D eigenvalue weighted by molar-refractivity contribution is -0.113. The molecule has 1 fully saturated rings. The molecule has 10 heteroatoms. The van der Waals surface area contributed by atoms with Crippen LogP contribution in [0.5, 0.6) is 17.2 Å². The first-order chi connectivity index (χ1) is 15.6. The van der Waals surface area contributed by atoms with Gasteiger partial charge in [-0.15, -0.1) is 10.2 Å². The zero-order valence-corrected chi connectivity index (χ0v) is 19.3. The quantitative estimate of drug-likeness (QED) is 0.430. The van der Waals surface area contributed by atoms with Crippen LogP contribution in [-0.2, 0) is 11.4 Å². The molecule has 1 aromatic heterocycles. The summed E-state index contributed by atoms with van der Waals surface area (Å²) < 4.78 is 18.4. The predicted octanol–water partition coefficient (Wildman–Crippen LogP) is 4.59. The van der Waals surface area contributed by atoms with Crippen molar-refractivity contribution in [1.29, 1.82) is 0 Å². The van der Waals surface area contributed by atoms with Crippen LogP contribution in [0.25, 0.3) is 0 Å². The fourth-order valence-corrected chi connectivity index (χ4v) is 4.15. The summed E-state index contributed by atoms with van der Waals surface area (Å²) in [6.45, 7) is 0.251. The van der Waals surface area contributed by atoms with Crippen LogP contribution in [-0.4, -0.2) is 40.6 Å². The van der Waals surface area contributed by atoms with Gasteiger partial charge in [0.15, 0.2) is 11.0 Å². The van der Waals surface area contributed by atoms with Gasteiger partial charge in [-0.1, -0.05) is 35.5 Å². The number of hydrogen-bond acceptors (Lipinski definition) is 7. The third kappa shape index (κ3) is 5.28. The molecule has 32 heavy (non-hydrogen) atoms. The Balaban J connectivity index is 1.40. The SMILES string of the molecule is COc1ccc(OC)c(NC(=O)CSc2nnc(COc3ccccc3Cl)n2C2CC2)c1. The molecule has 1 heterocycles. The van der Waals surface area contributed by atoms with Gasteiger partial charge in [0, 0.05) is 12.1 Å². The summed E-state index contributed by atoms with van der Waals surface area (Å²) in [5, 5.41) is 12.7. The highest BCUT2D eigenvalue weighted by molar-refractivity contribution is 7.99. The molecule has 1 amide bonds. The largest absolute Gasteiger partial charge is 0.497 e. The number of carbonyl (C=O) groups excluding carboxylic acids is 1. The minimum Gasteiger partial charge on any atom is -0.497 e. The van der Waals surface area contributed by atoms with Crippen LogP contribution in [0.4, 0.5) is 5.69 Å². The zero-order chi connectivity index (χ0) is 22.5. The van der Waals surface area contributed by atoms with Gasteiger partial charge in [0.1, 0.15) is 23.9 Å². The summed E-state index contributed by atoms with van der Waals surface area (Å²) in [6.07, 6.45) is 2.11. The molecular weight excluding hydrogens is 452 g/mol. The molecule has 2 aromatic carbocycles. The minimum absolute atomic E-state index is 0.177. The van der Waals surface area contributed by atoms with Crippen LogP contribution in [0.2, 0.25) is 5.02 Å². The third-order valence-electron chi connectivity index (χ3n) is 4.85. The molecule has 0 unspecified atom stereocenters. The summed E-state index contributed by atoms with van der Waals surface area (Å²) in [4.78, 5) is 12.6. The van der Waals surface area contributed by atoms with E-state index >= 15 is 0 Å². The fourth-order valence-electron chi connectivity index (χ4n) is 3.14. The van der Waals surface area contributed by atoms with E-state index in [-0.39, 0.29) is 18.3 Å². The number of halogens is 1. The van der Waals surface area contributed by atoms with Gasteiger partial charge >= 0.3 is 0 Å². The van der Waals surface area contributed by atoms with Gasteiger partial charge in [0.2, 0.25) is 5.91 Å². The number of amides is 1. The van der Waals surface area contributed by atoms with Crippen molar-refractivity contribution in [3.63, 3.8) is 0 Å². The van der Waals surface area contributed by atoms with Crippen molar-refractivity contribution in [2.24, 2.45) is 0 Å². The summed E-state index contributed by atoms with van der Waals surface area (Å²) in [5.74, 6) is 2.50. The van der Waals surface area contributed by atoms with Gasteiger partial charge in [-0.3, -0.25) is 9.36 Å². The Hall–Kier alpha value is -2.91. The van der Waals surface area contributed by atoms with E-state index < -0.39 is 0 Å². The normalized spacial score (nSPS) is 13.0. The Morgan fingerprint density at radius 1 is 1.16 bits per heavy atom. The molecule has 0 saturated heterocycles. The Bertz CT molecular complexity index is 1100. The topological polar surface area (TPSA) is 87.5 Å². The Morgan fingerprint density at radius 3 is 2.69 bits per heavy atom. The maximum atomic E-state index is 12.6. The van der Waals surface area contributed by atoms with E-state index in [0.717, 1.165) is 12.8 Å². The number of methoxy groups -OCH3 is 2. The second kappa shape index (κ2) is 10.1. The molecule has 1 aliphatic carbocycles. The molecule has 3 aromatic rings. The number of para-hydroxylation sites is 1. The number of aromatic nitrogens is 3. The van der Waals surface area contributed by atoms with Crippen LogP contribution in [0.3, 0.4) is 0 Å². The van der Waals surface area contributed by atoms with Crippen molar-refractivity contribution in [2.75, 3.05) is 25.3 Å². The van der Waals surface area contributed by atoms with Crippen molar-refractivity contribution < 1.29 is 19.0 Å². The van der Waals surface area contributed by atoms with Crippen molar-refractivity contribution in [2.45, 2.75) is 30.6 Å². The number of anilines is 1. The van der Waals surface area contributed by atoms with Crippen molar-refractivity contribution in [3.05, 3.63) is 53.3 Å². The van der Waals surface area contributed by atoms with Gasteiger partial charge < -0.3 is 19.5 Å². The van der Waals surface area contributed by atoms with E-state index in [1.54, 1.807) is 38.5 Å². The van der Waals surface area contributed by atoms with Gasteiger partial charge in [0.25, 0.3) is 0 Å². The highest BCUT2D eigenvalue weighted by Crippen LogP contribution is 2.39. The summed E-state index contributed by atoms with van der Waals surface area (Å²) in [7, 11) is 3.12. The highest BCUT2D eigenvalue weighted by Gasteiger charge is 2.30. The lowest BCUT2D eigenvalue weighted by atomic mass is 10.2. The van der Waals surface area contributed by atoms with Crippen molar-refractivity contribution in [3.8, 4) is 17.2 Å². The van der Waals surface area contributed by atoms with Crippen LogP contribution in [0, 0.1) is 0 Å². The van der Waals surface area contributed by atoms with Crippen molar-refractivity contribution in [1.82, 2.24) is 14.8 Å². The maximum absolute atomic E-state index is 12.6. The number of rotatable bonds is 10. The van der Waals surface area contributed by atoms with Crippen LogP contribution in [0.1, 0.15) is 24.7 Å². The molecule has 1 saturated carbocycles. The number of hydrogen-bond donors (Lipinski definition) is 1. The van der Waals surface area contributed by atoms with E-state index in [9.17, 15) is 4.79 Å². The summed E-state index contributed by atoms with van der Waals surface area (Å²) in [6, 6.07) is 12.9. The number of carbonyl (C=O) groups is 1. The molecule has 0 radical (unpaired) electrons. The fraction of sp³-hybridized carbons (Fsp3) is 0.318. The smallest absolute Gasteiger partial charge is 0.234 e. The lowest BCUT2D eigenvalue weighted by Gasteiger charge is -2.12. The molecule has 0 atom stereocenters. The van der Waals surface area contributed by atoms with Crippen LogP contribution in [0.15, 0.2) is 47.6 Å². The molecule has 1 aliphatic rings. The average Bonchev–Trinajstić information content (AvgIpc) is 3.56. The first-order valence-corrected chi connectivity index (χ1v) is 11.4. The Morgan fingerprint density at radius 2 is 1.97 bits per heavy atom. The maximum Gasteiger partial charge on any atom is 0.234 e. The highest BCUT2D eigenvalue weighted by atomic mass is 35.5. The number of benzene rings is 2. The number of nitrogens with zero attached hydrogens (tertiary/aromatic N) is 3. The molecular formula is C22H23ClN4O4S. The molecule has 4 rings (SSSR count). The lowest BCUT2D eigenvalue weighted by Crippen LogP contribution is -2.15. The third-order valence-corrected chi connectivity index (χ3v) is 6.11. The summed E-state index contributed by atoms with van der Waals surface area (Å²) in [5.41, 5.74) is 0.551. The Labute approximate surface area is 195 Å². The van der Waals surface area contributed by atoms with E-state index in [1.807, 2.05) is 18.2 Å². The second-order valence-corrected chi connectivity index (χ2v) is 8.47. The molecule has 168 valence electrons. The molecule has 8 nitrogen and oxygen atoms in total. The Kier molecular flexibility index (Phi) is 7.06. The number of nitrogens with one attached hydrogen (secondary N) is 1. The first-order valence-electron chi connectivity index (χ1n) is 10.0. The van der Waals surface area contributed by atoms with E-state index in [1.165, 1.54) is 11.8 Å². The van der Waals surface area contributed by atoms with E-state index in [2.05, 4.69) is 20.1 Å². The van der Waals surface area contributed by atoms with Crippen LogP contribution >= 0.6 is 23.4 Å². The van der Waals surface area contributed by atoms with Gasteiger partial charge in [-0.2, -0.15) is 0 Å². The van der Waals surface area contributed by atoms with Crippen LogP contribution < -0.4 is 19.5 Å². The standard InChI is InChI=1S/C22H23ClN4O4S/c1-29-15-9-10-19(30-2)17(11-15)24-21(28)13-32-22-26-25-20(27(22)14-7-8-14)12-31-18-6-4-3-5-16(18)23/h3-6,9-11,14H,7-8,12-13H2,1-2H3,(H,24,28). The van der Waals surface area contributed by atoms with Gasteiger partial charge in [-0.25, -0.2) is 0 Å². The van der Waals surface area contributed by atoms with Gasteiger partial charge in [0.05, 0.1) is 30.7 Å². The zero-order valence-electron chi connectivity index (χ0n) is 17.7. The molecule has 0 aliphatic heterocycles. The monoisotopic (exact) mass is 474 g/mol. The minimum atomic E-state index is -0.180. The predicted molar refractivity (Wildman–Crippen MR) is 123 cm³/mol. The molecule has 1 N–H and O–H groups in total. The molecule has 0 spiro atoms. The van der Waals surface area contributed by atoms with E-state index in [0.29, 0.717) is 45.0 Å².